The summed E-state index contributed by atoms with van der Waals surface area (Å²) in [6.07, 6.45) is 9.38. The minimum absolute atomic E-state index is 0.0159. The first-order chi connectivity index (χ1) is 20.2. The Morgan fingerprint density at radius 3 is 1.77 bits per heavy atom. The van der Waals surface area contributed by atoms with Crippen LogP contribution in [0.5, 0.6) is 0 Å². The Balaban J connectivity index is 3.08. The summed E-state index contributed by atoms with van der Waals surface area (Å²) in [5.74, 6) is -4.50. The number of esters is 1. The molecule has 0 saturated heterocycles. The second kappa shape index (κ2) is 20.4. The number of hydrogen-bond acceptors (Lipinski definition) is 9. The van der Waals surface area contributed by atoms with Crippen LogP contribution in [0.25, 0.3) is 0 Å². The summed E-state index contributed by atoms with van der Waals surface area (Å²) in [6, 6.07) is 0. The van der Waals surface area contributed by atoms with Gasteiger partial charge in [0.2, 0.25) is 0 Å². The predicted molar refractivity (Wildman–Crippen MR) is 164 cm³/mol. The lowest BCUT2D eigenvalue weighted by Crippen LogP contribution is -2.39. The number of carbonyl (C=O) groups is 2. The molecule has 0 spiro atoms. The van der Waals surface area contributed by atoms with Crippen molar-refractivity contribution < 1.29 is 50.1 Å². The molecule has 7 N–H and O–H groups in total. The van der Waals surface area contributed by atoms with Crippen molar-refractivity contribution in [2.75, 3.05) is 0 Å². The summed E-state index contributed by atoms with van der Waals surface area (Å²) in [4.78, 5) is 24.5. The molecule has 1 rings (SSSR count). The second-order valence-electron chi connectivity index (χ2n) is 11.8. The molecule has 0 bridgehead atoms. The monoisotopic (exact) mass is 608 g/mol. The third-order valence-corrected chi connectivity index (χ3v) is 7.59. The Morgan fingerprint density at radius 1 is 0.744 bits per heavy atom. The van der Waals surface area contributed by atoms with Crippen molar-refractivity contribution in [2.45, 2.75) is 109 Å². The van der Waals surface area contributed by atoms with E-state index >= 15 is 0 Å². The normalized spacial score (nSPS) is 39.0. The molecule has 0 saturated carbocycles. The molecule has 1 aliphatic heterocycles. The average Bonchev–Trinajstić information content (AvgIpc) is 2.90. The largest absolute Gasteiger partial charge is 0.481 e. The van der Waals surface area contributed by atoms with Gasteiger partial charge in [-0.2, -0.15) is 0 Å². The number of rotatable bonds is 2. The van der Waals surface area contributed by atoms with Crippen molar-refractivity contribution in [1.29, 1.82) is 0 Å². The van der Waals surface area contributed by atoms with Gasteiger partial charge in [0.15, 0.2) is 0 Å². The van der Waals surface area contributed by atoms with E-state index in [1.54, 1.807) is 30.4 Å². The second-order valence-corrected chi connectivity index (χ2v) is 11.8. The van der Waals surface area contributed by atoms with Gasteiger partial charge < -0.3 is 40.5 Å². The van der Waals surface area contributed by atoms with E-state index in [0.29, 0.717) is 6.42 Å². The van der Waals surface area contributed by atoms with Crippen molar-refractivity contribution in [3.8, 4) is 0 Å². The van der Waals surface area contributed by atoms with Crippen LogP contribution in [0.1, 0.15) is 66.2 Å². The number of ether oxygens (including phenoxy) is 1. The van der Waals surface area contributed by atoms with Gasteiger partial charge in [-0.25, -0.2) is 0 Å². The molecule has 0 unspecified atom stereocenters. The fourth-order valence-electron chi connectivity index (χ4n) is 4.96. The smallest absolute Gasteiger partial charge is 0.312 e. The van der Waals surface area contributed by atoms with E-state index < -0.39 is 66.5 Å². The zero-order valence-electron chi connectivity index (χ0n) is 25.7. The van der Waals surface area contributed by atoms with Crippen LogP contribution in [-0.2, 0) is 14.3 Å². The highest BCUT2D eigenvalue weighted by Gasteiger charge is 2.34. The zero-order valence-corrected chi connectivity index (χ0v) is 25.7. The summed E-state index contributed by atoms with van der Waals surface area (Å²) >= 11 is 0. The van der Waals surface area contributed by atoms with E-state index in [2.05, 4.69) is 0 Å². The topological polar surface area (TPSA) is 185 Å². The highest BCUT2D eigenvalue weighted by atomic mass is 16.5. The zero-order chi connectivity index (χ0) is 32.5. The standard InChI is InChI=1S/C33H52O10/c1-21(2)31-22(3)14-11-9-7-5-6-8-10-12-17-27(37)30(32(40)41)29(39)19-25(35)16-13-15-24(34)18-26(36)20-28(38)23(4)33(42)43-31/h5-12,14,17,21-31,34-39H,13,15-16,18-20H2,1-4H3,(H,40,41)/b6-5+,9-7+,10-8+,14-11+,17-12+/t22-,23+,24-,25+,26-,27+,28-,29+,30-,31+/m0/s1. The highest BCUT2D eigenvalue weighted by Crippen LogP contribution is 2.23. The summed E-state index contributed by atoms with van der Waals surface area (Å²) in [5.41, 5.74) is 0. The fourth-order valence-corrected chi connectivity index (χ4v) is 4.96. The Morgan fingerprint density at radius 2 is 1.23 bits per heavy atom. The predicted octanol–water partition coefficient (Wildman–Crippen LogP) is 2.83. The maximum absolute atomic E-state index is 12.8. The van der Waals surface area contributed by atoms with Crippen molar-refractivity contribution in [2.24, 2.45) is 23.7 Å². The summed E-state index contributed by atoms with van der Waals surface area (Å²) in [7, 11) is 0. The van der Waals surface area contributed by atoms with Gasteiger partial charge in [-0.15, -0.1) is 0 Å². The SMILES string of the molecule is CC(C)[C@H]1OC(=O)[C@H](C)[C@@H](O)C[C@@H](O)C[C@@H](O)CCC[C@@H](O)C[C@@H](O)[C@@H](C(=O)O)[C@H](O)/C=C/C=C/C=C/C=C/C=C/[C@@H]1C. The molecule has 0 amide bonds. The molecule has 0 aliphatic carbocycles. The van der Waals surface area contributed by atoms with E-state index in [1.165, 1.54) is 19.1 Å². The van der Waals surface area contributed by atoms with Crippen LogP contribution >= 0.6 is 0 Å². The van der Waals surface area contributed by atoms with Gasteiger partial charge >= 0.3 is 11.9 Å². The van der Waals surface area contributed by atoms with Crippen LogP contribution in [0.4, 0.5) is 0 Å². The molecule has 10 nitrogen and oxygen atoms in total. The lowest BCUT2D eigenvalue weighted by molar-refractivity contribution is -0.162. The molecule has 0 radical (unpaired) electrons. The number of carboxylic acid groups (broad SMARTS) is 1. The Labute approximate surface area is 255 Å². The number of carbonyl (C=O) groups excluding carboxylic acids is 1. The van der Waals surface area contributed by atoms with Crippen molar-refractivity contribution in [3.63, 3.8) is 0 Å². The van der Waals surface area contributed by atoms with Crippen LogP contribution in [0.2, 0.25) is 0 Å². The van der Waals surface area contributed by atoms with Gasteiger partial charge in [-0.3, -0.25) is 9.59 Å². The Hall–Kier alpha value is -2.60. The van der Waals surface area contributed by atoms with Crippen LogP contribution in [0.3, 0.4) is 0 Å². The minimum Gasteiger partial charge on any atom is -0.481 e. The lowest BCUT2D eigenvalue weighted by Gasteiger charge is -2.28. The average molecular weight is 609 g/mol. The van der Waals surface area contributed by atoms with Gasteiger partial charge in [0.25, 0.3) is 0 Å². The molecule has 0 aromatic heterocycles. The molecular formula is C33H52O10. The van der Waals surface area contributed by atoms with E-state index in [0.717, 1.165) is 0 Å². The van der Waals surface area contributed by atoms with Crippen molar-refractivity contribution in [3.05, 3.63) is 60.8 Å². The number of aliphatic hydroxyl groups is 6. The van der Waals surface area contributed by atoms with Crippen molar-refractivity contribution >= 4 is 11.9 Å². The Bertz CT molecular complexity index is 969. The van der Waals surface area contributed by atoms with Crippen LogP contribution < -0.4 is 0 Å². The molecule has 10 heteroatoms. The minimum atomic E-state index is -1.54. The van der Waals surface area contributed by atoms with Gasteiger partial charge in [-0.1, -0.05) is 81.5 Å². The quantitative estimate of drug-likeness (QED) is 0.230. The number of carboxylic acids is 1. The van der Waals surface area contributed by atoms with E-state index in [-0.39, 0.29) is 43.9 Å². The van der Waals surface area contributed by atoms with Gasteiger partial charge in [-0.05, 0) is 38.5 Å². The van der Waals surface area contributed by atoms with E-state index in [1.807, 2.05) is 39.0 Å². The summed E-state index contributed by atoms with van der Waals surface area (Å²) in [5, 5.41) is 72.0. The van der Waals surface area contributed by atoms with Gasteiger partial charge in [0.1, 0.15) is 12.0 Å². The molecule has 10 atom stereocenters. The number of aliphatic hydroxyl groups excluding tert-OH is 6. The molecule has 1 aliphatic rings. The molecule has 1 heterocycles. The third kappa shape index (κ3) is 15.1. The molecule has 244 valence electrons. The van der Waals surface area contributed by atoms with Gasteiger partial charge in [0, 0.05) is 18.8 Å². The maximum atomic E-state index is 12.8. The number of hydrogen-bond donors (Lipinski definition) is 7. The number of aliphatic carboxylic acids is 1. The van der Waals surface area contributed by atoms with Gasteiger partial charge in [0.05, 0.1) is 42.5 Å². The number of cyclic esters (lactones) is 1. The molecule has 0 aromatic rings. The van der Waals surface area contributed by atoms with Crippen LogP contribution in [-0.4, -0.2) is 90.4 Å². The highest BCUT2D eigenvalue weighted by molar-refractivity contribution is 5.73. The van der Waals surface area contributed by atoms with Crippen molar-refractivity contribution in [1.82, 2.24) is 0 Å². The lowest BCUT2D eigenvalue weighted by atomic mass is 9.90. The first-order valence-electron chi connectivity index (χ1n) is 15.1. The molecule has 43 heavy (non-hydrogen) atoms. The summed E-state index contributed by atoms with van der Waals surface area (Å²) < 4.78 is 5.76. The third-order valence-electron chi connectivity index (χ3n) is 7.59. The molecule has 0 aromatic carbocycles. The number of allylic oxidation sites excluding steroid dienone is 8. The van der Waals surface area contributed by atoms with E-state index in [4.69, 9.17) is 4.74 Å². The molecule has 0 fully saturated rings. The van der Waals surface area contributed by atoms with Crippen LogP contribution in [0.15, 0.2) is 60.8 Å². The van der Waals surface area contributed by atoms with E-state index in [9.17, 15) is 45.3 Å². The maximum Gasteiger partial charge on any atom is 0.312 e. The fraction of sp³-hybridized carbons (Fsp3) is 0.636. The Kier molecular flexibility index (Phi) is 18.2. The first-order valence-corrected chi connectivity index (χ1v) is 15.1. The molecular weight excluding hydrogens is 556 g/mol. The summed E-state index contributed by atoms with van der Waals surface area (Å²) in [6.45, 7) is 7.35. The first kappa shape index (κ1) is 38.4. The van der Waals surface area contributed by atoms with Crippen LogP contribution in [0, 0.1) is 23.7 Å².